The number of sulfonamides is 1. The summed E-state index contributed by atoms with van der Waals surface area (Å²) in [6.07, 6.45) is 0.887. The summed E-state index contributed by atoms with van der Waals surface area (Å²) >= 11 is 0. The van der Waals surface area contributed by atoms with Gasteiger partial charge in [0.2, 0.25) is 0 Å². The molecule has 0 aliphatic heterocycles. The van der Waals surface area contributed by atoms with Gasteiger partial charge in [-0.05, 0) is 55.0 Å². The van der Waals surface area contributed by atoms with Gasteiger partial charge in [-0.1, -0.05) is 25.1 Å². The maximum Gasteiger partial charge on any atom is 0.262 e. The van der Waals surface area contributed by atoms with Crippen LogP contribution in [-0.2, 0) is 10.0 Å². The van der Waals surface area contributed by atoms with Crippen LogP contribution in [0.1, 0.15) is 23.7 Å². The van der Waals surface area contributed by atoms with Gasteiger partial charge in [0.15, 0.2) is 0 Å². The van der Waals surface area contributed by atoms with E-state index in [4.69, 9.17) is 9.47 Å². The Balaban J connectivity index is 1.71. The Hall–Kier alpha value is -3.52. The van der Waals surface area contributed by atoms with Crippen LogP contribution in [0, 0.1) is 0 Å². The minimum Gasteiger partial charge on any atom is -0.495 e. The monoisotopic (exact) mass is 440 g/mol. The first-order valence-corrected chi connectivity index (χ1v) is 11.2. The number of ether oxygens (including phenoxy) is 2. The third-order valence-electron chi connectivity index (χ3n) is 4.34. The predicted octanol–water partition coefficient (Wildman–Crippen LogP) is 4.54. The zero-order valence-electron chi connectivity index (χ0n) is 17.3. The van der Waals surface area contributed by atoms with Gasteiger partial charge in [0.1, 0.15) is 11.5 Å². The van der Waals surface area contributed by atoms with E-state index in [0.29, 0.717) is 35.0 Å². The Morgan fingerprint density at radius 3 is 2.42 bits per heavy atom. The maximum absolute atomic E-state index is 12.7. The summed E-state index contributed by atoms with van der Waals surface area (Å²) in [5.74, 6) is 0.727. The van der Waals surface area contributed by atoms with Gasteiger partial charge in [-0.25, -0.2) is 8.42 Å². The number of methoxy groups -OCH3 is 1. The molecule has 0 aliphatic carbocycles. The molecule has 0 atom stereocenters. The van der Waals surface area contributed by atoms with Crippen LogP contribution in [0.15, 0.2) is 77.7 Å². The normalized spacial score (nSPS) is 10.9. The lowest BCUT2D eigenvalue weighted by Gasteiger charge is -2.12. The number of hydrogen-bond donors (Lipinski definition) is 2. The highest BCUT2D eigenvalue weighted by Crippen LogP contribution is 2.26. The van der Waals surface area contributed by atoms with Crippen molar-refractivity contribution in [2.75, 3.05) is 23.8 Å². The van der Waals surface area contributed by atoms with Crippen LogP contribution in [-0.4, -0.2) is 28.0 Å². The van der Waals surface area contributed by atoms with E-state index >= 15 is 0 Å². The molecule has 0 fully saturated rings. The minimum atomic E-state index is -3.84. The van der Waals surface area contributed by atoms with Crippen molar-refractivity contribution in [3.63, 3.8) is 0 Å². The highest BCUT2D eigenvalue weighted by Gasteiger charge is 2.17. The van der Waals surface area contributed by atoms with Gasteiger partial charge in [0, 0.05) is 17.3 Å². The molecule has 1 amide bonds. The molecule has 0 spiro atoms. The molecule has 31 heavy (non-hydrogen) atoms. The van der Waals surface area contributed by atoms with Crippen LogP contribution in [0.25, 0.3) is 0 Å². The van der Waals surface area contributed by atoms with E-state index in [1.165, 1.54) is 31.4 Å². The second kappa shape index (κ2) is 9.99. The van der Waals surface area contributed by atoms with E-state index in [1.54, 1.807) is 42.5 Å². The van der Waals surface area contributed by atoms with Crippen molar-refractivity contribution in [3.05, 3.63) is 78.4 Å². The Labute approximate surface area is 182 Å². The Kier molecular flexibility index (Phi) is 7.15. The largest absolute Gasteiger partial charge is 0.495 e. The average Bonchev–Trinajstić information content (AvgIpc) is 2.78. The number of benzene rings is 3. The second-order valence-corrected chi connectivity index (χ2v) is 8.34. The second-order valence-electron chi connectivity index (χ2n) is 6.66. The number of carbonyl (C=O) groups is 1. The summed E-state index contributed by atoms with van der Waals surface area (Å²) < 4.78 is 38.6. The number of amides is 1. The molecule has 0 heterocycles. The van der Waals surface area contributed by atoms with Crippen LogP contribution < -0.4 is 19.5 Å². The van der Waals surface area contributed by atoms with Gasteiger partial charge in [0.05, 0.1) is 24.3 Å². The first kappa shape index (κ1) is 22.2. The summed E-state index contributed by atoms with van der Waals surface area (Å²) in [6, 6.07) is 19.5. The fraction of sp³-hybridized carbons (Fsp3) is 0.174. The van der Waals surface area contributed by atoms with Crippen LogP contribution in [0.2, 0.25) is 0 Å². The van der Waals surface area contributed by atoms with Crippen LogP contribution in [0.4, 0.5) is 11.4 Å². The molecule has 7 nitrogen and oxygen atoms in total. The molecule has 8 heteroatoms. The molecule has 0 aliphatic rings. The highest BCUT2D eigenvalue weighted by atomic mass is 32.2. The maximum atomic E-state index is 12.7. The number of rotatable bonds is 9. The molecular weight excluding hydrogens is 416 g/mol. The molecule has 3 aromatic rings. The zero-order valence-corrected chi connectivity index (χ0v) is 18.1. The number of anilines is 2. The molecule has 162 valence electrons. The molecular formula is C23H24N2O5S. The first-order chi connectivity index (χ1) is 14.9. The lowest BCUT2D eigenvalue weighted by Crippen LogP contribution is -2.15. The van der Waals surface area contributed by atoms with E-state index < -0.39 is 10.0 Å². The number of carbonyl (C=O) groups excluding carboxylic acids is 1. The SMILES string of the molecule is CCCOc1cccc(NC(=O)c2ccc(S(=O)(=O)Nc3ccccc3OC)cc2)c1. The van der Waals surface area contributed by atoms with Crippen LogP contribution in [0.3, 0.4) is 0 Å². The highest BCUT2D eigenvalue weighted by molar-refractivity contribution is 7.92. The van der Waals surface area contributed by atoms with E-state index in [-0.39, 0.29) is 10.8 Å². The van der Waals surface area contributed by atoms with E-state index in [9.17, 15) is 13.2 Å². The van der Waals surface area contributed by atoms with Crippen LogP contribution in [0.5, 0.6) is 11.5 Å². The number of hydrogen-bond acceptors (Lipinski definition) is 5. The Bertz CT molecular complexity index is 1140. The molecule has 0 bridgehead atoms. The lowest BCUT2D eigenvalue weighted by atomic mass is 10.2. The summed E-state index contributed by atoms with van der Waals surface area (Å²) in [5.41, 5.74) is 1.25. The molecule has 3 rings (SSSR count). The van der Waals surface area contributed by atoms with Crippen molar-refractivity contribution in [1.29, 1.82) is 0 Å². The fourth-order valence-corrected chi connectivity index (χ4v) is 3.88. The van der Waals surface area contributed by atoms with Crippen molar-refractivity contribution in [3.8, 4) is 11.5 Å². The fourth-order valence-electron chi connectivity index (χ4n) is 2.80. The minimum absolute atomic E-state index is 0.0323. The van der Waals surface area contributed by atoms with Gasteiger partial charge in [-0.2, -0.15) is 0 Å². The van der Waals surface area contributed by atoms with Gasteiger partial charge in [-0.3, -0.25) is 9.52 Å². The van der Waals surface area contributed by atoms with E-state index in [0.717, 1.165) is 6.42 Å². The molecule has 0 aromatic heterocycles. The van der Waals surface area contributed by atoms with Gasteiger partial charge in [-0.15, -0.1) is 0 Å². The number of nitrogens with one attached hydrogen (secondary N) is 2. The van der Waals surface area contributed by atoms with Crippen molar-refractivity contribution >= 4 is 27.3 Å². The van der Waals surface area contributed by atoms with Gasteiger partial charge < -0.3 is 14.8 Å². The third-order valence-corrected chi connectivity index (χ3v) is 5.72. The zero-order chi connectivity index (χ0) is 22.3. The summed E-state index contributed by atoms with van der Waals surface area (Å²) in [6.45, 7) is 2.61. The molecule has 2 N–H and O–H groups in total. The Morgan fingerprint density at radius 1 is 0.968 bits per heavy atom. The summed E-state index contributed by atoms with van der Waals surface area (Å²) in [4.78, 5) is 12.6. The Morgan fingerprint density at radius 2 is 1.71 bits per heavy atom. The van der Waals surface area contributed by atoms with Gasteiger partial charge >= 0.3 is 0 Å². The van der Waals surface area contributed by atoms with Crippen molar-refractivity contribution in [2.45, 2.75) is 18.2 Å². The molecule has 0 saturated carbocycles. The lowest BCUT2D eigenvalue weighted by molar-refractivity contribution is 0.102. The predicted molar refractivity (Wildman–Crippen MR) is 120 cm³/mol. The smallest absolute Gasteiger partial charge is 0.262 e. The third kappa shape index (κ3) is 5.76. The standard InChI is InChI=1S/C23H24N2O5S/c1-3-15-30-19-8-6-7-18(16-19)24-23(26)17-11-13-20(14-12-17)31(27,28)25-21-9-4-5-10-22(21)29-2/h4-14,16,25H,3,15H2,1-2H3,(H,24,26). The average molecular weight is 441 g/mol. The summed E-state index contributed by atoms with van der Waals surface area (Å²) in [5, 5.41) is 2.79. The van der Waals surface area contributed by atoms with Crippen molar-refractivity contribution < 1.29 is 22.7 Å². The van der Waals surface area contributed by atoms with E-state index in [1.807, 2.05) is 13.0 Å². The summed E-state index contributed by atoms with van der Waals surface area (Å²) in [7, 11) is -2.38. The quantitative estimate of drug-likeness (QED) is 0.510. The first-order valence-electron chi connectivity index (χ1n) is 9.73. The van der Waals surface area contributed by atoms with E-state index in [2.05, 4.69) is 10.0 Å². The molecule has 0 radical (unpaired) electrons. The molecule has 0 saturated heterocycles. The van der Waals surface area contributed by atoms with Crippen molar-refractivity contribution in [1.82, 2.24) is 0 Å². The topological polar surface area (TPSA) is 93.7 Å². The van der Waals surface area contributed by atoms with Gasteiger partial charge in [0.25, 0.3) is 15.9 Å². The van der Waals surface area contributed by atoms with Crippen molar-refractivity contribution in [2.24, 2.45) is 0 Å². The van der Waals surface area contributed by atoms with Crippen LogP contribution >= 0.6 is 0 Å². The number of para-hydroxylation sites is 2. The molecule has 0 unspecified atom stereocenters. The molecule has 3 aromatic carbocycles.